The van der Waals surface area contributed by atoms with Crippen LogP contribution in [-0.4, -0.2) is 53.7 Å². The summed E-state index contributed by atoms with van der Waals surface area (Å²) < 4.78 is 2.01. The lowest BCUT2D eigenvalue weighted by Gasteiger charge is -2.30. The van der Waals surface area contributed by atoms with Gasteiger partial charge in [0.1, 0.15) is 11.4 Å². The van der Waals surface area contributed by atoms with E-state index < -0.39 is 5.97 Å². The molecule has 2 N–H and O–H groups in total. The number of benzene rings is 1. The second kappa shape index (κ2) is 8.00. The molecule has 1 saturated heterocycles. The number of aromatic nitrogens is 6. The van der Waals surface area contributed by atoms with E-state index in [1.165, 1.54) is 0 Å². The average molecular weight is 461 g/mol. The fraction of sp³-hybridized carbons (Fsp3) is 0.273. The molecule has 11 heteroatoms. The first-order valence-electron chi connectivity index (χ1n) is 10.7. The Bertz CT molecular complexity index is 1370. The van der Waals surface area contributed by atoms with Crippen LogP contribution in [0, 0.1) is 5.92 Å². The summed E-state index contributed by atoms with van der Waals surface area (Å²) in [6.45, 7) is 1.91. The lowest BCUT2D eigenvalue weighted by Crippen LogP contribution is -2.36. The fourth-order valence-electron chi connectivity index (χ4n) is 4.33. The Kier molecular flexibility index (Phi) is 4.83. The first-order valence-corrected chi connectivity index (χ1v) is 11.5. The second-order valence-corrected chi connectivity index (χ2v) is 9.14. The van der Waals surface area contributed by atoms with Crippen molar-refractivity contribution in [2.45, 2.75) is 29.3 Å². The van der Waals surface area contributed by atoms with Gasteiger partial charge in [-0.3, -0.25) is 4.79 Å². The first kappa shape index (κ1) is 19.9. The Labute approximate surface area is 193 Å². The highest BCUT2D eigenvalue weighted by atomic mass is 32.2. The van der Waals surface area contributed by atoms with Crippen molar-refractivity contribution >= 4 is 46.2 Å². The number of carboxylic acids is 1. The molecule has 1 fully saturated rings. The second-order valence-electron chi connectivity index (χ2n) is 8.11. The summed E-state index contributed by atoms with van der Waals surface area (Å²) in [5.41, 5.74) is 3.61. The zero-order chi connectivity index (χ0) is 22.4. The van der Waals surface area contributed by atoms with Gasteiger partial charge >= 0.3 is 5.97 Å². The van der Waals surface area contributed by atoms with Crippen LogP contribution in [0.15, 0.2) is 53.2 Å². The summed E-state index contributed by atoms with van der Waals surface area (Å²) in [6.07, 6.45) is 7.93. The summed E-state index contributed by atoms with van der Waals surface area (Å²) in [5.74, 6) is 0.524. The van der Waals surface area contributed by atoms with Gasteiger partial charge in [0, 0.05) is 30.4 Å². The first-order chi connectivity index (χ1) is 16.2. The predicted molar refractivity (Wildman–Crippen MR) is 123 cm³/mol. The van der Waals surface area contributed by atoms with Gasteiger partial charge in [-0.2, -0.15) is 0 Å². The topological polar surface area (TPSA) is 122 Å². The molecule has 0 amide bonds. The van der Waals surface area contributed by atoms with Gasteiger partial charge in [0.05, 0.1) is 24.5 Å². The van der Waals surface area contributed by atoms with Crippen LogP contribution in [0.3, 0.4) is 0 Å². The number of nitrogens with one attached hydrogen (secondary N) is 1. The van der Waals surface area contributed by atoms with Crippen LogP contribution in [0.2, 0.25) is 0 Å². The van der Waals surface area contributed by atoms with Crippen molar-refractivity contribution in [2.24, 2.45) is 5.92 Å². The lowest BCUT2D eigenvalue weighted by molar-refractivity contribution is -0.142. The number of imidazole rings is 1. The molecular formula is C22H20N8O2S. The maximum absolute atomic E-state index is 11.3. The minimum absolute atomic E-state index is 0.287. The largest absolute Gasteiger partial charge is 0.481 e. The number of aliphatic carboxylic acids is 1. The van der Waals surface area contributed by atoms with E-state index in [0.29, 0.717) is 32.5 Å². The smallest absolute Gasteiger partial charge is 0.306 e. The van der Waals surface area contributed by atoms with Crippen LogP contribution >= 0.6 is 11.8 Å². The molecule has 10 nitrogen and oxygen atoms in total. The number of carbonyl (C=O) groups is 1. The normalized spacial score (nSPS) is 15.7. The number of piperidine rings is 1. The van der Waals surface area contributed by atoms with E-state index in [2.05, 4.69) is 53.3 Å². The monoisotopic (exact) mass is 460 g/mol. The number of fused-ring (bicyclic) bond motifs is 3. The third-order valence-corrected chi connectivity index (χ3v) is 7.11. The number of hydrogen-bond acceptors (Lipinski definition) is 9. The van der Waals surface area contributed by atoms with Gasteiger partial charge in [0.25, 0.3) is 0 Å². The molecule has 2 aliphatic heterocycles. The highest BCUT2D eigenvalue weighted by Gasteiger charge is 2.27. The Morgan fingerprint density at radius 1 is 1.12 bits per heavy atom. The van der Waals surface area contributed by atoms with Gasteiger partial charge < -0.3 is 19.9 Å². The molecule has 0 radical (unpaired) electrons. The van der Waals surface area contributed by atoms with Crippen LogP contribution in [0.1, 0.15) is 18.4 Å². The number of hydrogen-bond donors (Lipinski definition) is 2. The highest BCUT2D eigenvalue weighted by molar-refractivity contribution is 7.99. The van der Waals surface area contributed by atoms with Crippen LogP contribution < -0.4 is 10.2 Å². The zero-order valence-corrected chi connectivity index (χ0v) is 18.4. The predicted octanol–water partition coefficient (Wildman–Crippen LogP) is 3.17. The maximum Gasteiger partial charge on any atom is 0.306 e. The minimum atomic E-state index is -0.722. The van der Waals surface area contributed by atoms with Gasteiger partial charge in [-0.05, 0) is 30.5 Å². The summed E-state index contributed by atoms with van der Waals surface area (Å²) >= 11 is 1.60. The van der Waals surface area contributed by atoms with E-state index in [4.69, 9.17) is 0 Å². The molecule has 33 heavy (non-hydrogen) atoms. The summed E-state index contributed by atoms with van der Waals surface area (Å²) in [4.78, 5) is 36.8. The average Bonchev–Trinajstić information content (AvgIpc) is 3.25. The molecule has 1 aromatic carbocycles. The standard InChI is InChI=1S/C22H20N8O2S/c31-22(32)14-3-7-29(8-4-14)19-17-20(26-11-25-19)30(12-27-17)10-13-1-2-16-15(9-13)28-18-21(33-16)24-6-5-23-18/h1-2,5-6,9,11-12,14H,3-4,7-8,10H2,(H,23,28)(H,31,32). The molecule has 2 aliphatic rings. The van der Waals surface area contributed by atoms with Crippen LogP contribution in [0.4, 0.5) is 17.3 Å². The van der Waals surface area contributed by atoms with E-state index in [1.807, 2.05) is 4.57 Å². The third kappa shape index (κ3) is 3.63. The van der Waals surface area contributed by atoms with Crippen molar-refractivity contribution < 1.29 is 9.90 Å². The number of anilines is 3. The number of rotatable bonds is 4. The van der Waals surface area contributed by atoms with Crippen molar-refractivity contribution in [1.82, 2.24) is 29.5 Å². The number of nitrogens with zero attached hydrogens (tertiary/aromatic N) is 7. The van der Waals surface area contributed by atoms with Gasteiger partial charge in [0.15, 0.2) is 22.8 Å². The van der Waals surface area contributed by atoms with E-state index in [-0.39, 0.29) is 5.92 Å². The van der Waals surface area contributed by atoms with E-state index >= 15 is 0 Å². The number of carboxylic acid groups (broad SMARTS) is 1. The van der Waals surface area contributed by atoms with Crippen molar-refractivity contribution in [2.75, 3.05) is 23.3 Å². The fourth-order valence-corrected chi connectivity index (χ4v) is 5.21. The summed E-state index contributed by atoms with van der Waals surface area (Å²) in [7, 11) is 0. The molecule has 4 aromatic rings. The van der Waals surface area contributed by atoms with Crippen LogP contribution in [0.5, 0.6) is 0 Å². The molecular weight excluding hydrogens is 440 g/mol. The Morgan fingerprint density at radius 3 is 2.82 bits per heavy atom. The van der Waals surface area contributed by atoms with Crippen LogP contribution in [-0.2, 0) is 11.3 Å². The Balaban J connectivity index is 1.25. The maximum atomic E-state index is 11.3. The van der Waals surface area contributed by atoms with E-state index in [9.17, 15) is 9.90 Å². The molecule has 0 aliphatic carbocycles. The molecule has 0 saturated carbocycles. The molecule has 0 spiro atoms. The Hall–Kier alpha value is -3.73. The highest BCUT2D eigenvalue weighted by Crippen LogP contribution is 2.42. The van der Waals surface area contributed by atoms with Gasteiger partial charge in [-0.15, -0.1) is 0 Å². The SMILES string of the molecule is O=C(O)C1CCN(c2ncnc3c2ncn3Cc2ccc3c(c2)Nc2nccnc2S3)CC1. The lowest BCUT2D eigenvalue weighted by atomic mass is 9.97. The molecule has 3 aromatic heterocycles. The van der Waals surface area contributed by atoms with Gasteiger partial charge in [-0.1, -0.05) is 17.8 Å². The van der Waals surface area contributed by atoms with Crippen LogP contribution in [0.25, 0.3) is 11.2 Å². The molecule has 6 rings (SSSR count). The quantitative estimate of drug-likeness (QED) is 0.413. The van der Waals surface area contributed by atoms with Gasteiger partial charge in [-0.25, -0.2) is 24.9 Å². The van der Waals surface area contributed by atoms with E-state index in [0.717, 1.165) is 44.0 Å². The van der Waals surface area contributed by atoms with E-state index in [1.54, 1.807) is 36.8 Å². The zero-order valence-electron chi connectivity index (χ0n) is 17.5. The summed E-state index contributed by atoms with van der Waals surface area (Å²) in [5, 5.41) is 13.5. The molecule has 0 bridgehead atoms. The van der Waals surface area contributed by atoms with Crippen molar-refractivity contribution in [3.8, 4) is 0 Å². The molecule has 0 atom stereocenters. The minimum Gasteiger partial charge on any atom is -0.481 e. The van der Waals surface area contributed by atoms with Gasteiger partial charge in [0.2, 0.25) is 0 Å². The molecule has 166 valence electrons. The molecule has 5 heterocycles. The third-order valence-electron chi connectivity index (χ3n) is 6.05. The van der Waals surface area contributed by atoms with Crippen molar-refractivity contribution in [1.29, 1.82) is 0 Å². The molecule has 0 unspecified atom stereocenters. The Morgan fingerprint density at radius 2 is 1.97 bits per heavy atom. The van der Waals surface area contributed by atoms with Crippen molar-refractivity contribution in [3.63, 3.8) is 0 Å². The van der Waals surface area contributed by atoms with Crippen molar-refractivity contribution in [3.05, 3.63) is 48.8 Å². The summed E-state index contributed by atoms with van der Waals surface area (Å²) in [6, 6.07) is 6.30.